The van der Waals surface area contributed by atoms with Crippen molar-refractivity contribution in [1.82, 2.24) is 5.32 Å². The summed E-state index contributed by atoms with van der Waals surface area (Å²) < 4.78 is 1.02. The second-order valence-electron chi connectivity index (χ2n) is 3.18. The molecule has 80 valence electrons. The van der Waals surface area contributed by atoms with Crippen LogP contribution in [0.4, 0.5) is 0 Å². The van der Waals surface area contributed by atoms with Gasteiger partial charge in [0, 0.05) is 22.0 Å². The molecule has 0 bridgehead atoms. The average molecular weight is 287 g/mol. The molecule has 0 fully saturated rings. The zero-order valence-electron chi connectivity index (χ0n) is 8.56. The SMILES string of the molecule is C#CCC(NCC)c1cc(Br)ccc1Cl. The smallest absolute Gasteiger partial charge is 0.0454 e. The first-order valence-electron chi connectivity index (χ1n) is 4.80. The fourth-order valence-electron chi connectivity index (χ4n) is 1.44. The predicted octanol–water partition coefficient (Wildman–Crippen LogP) is 3.78. The van der Waals surface area contributed by atoms with E-state index in [2.05, 4.69) is 34.1 Å². The highest BCUT2D eigenvalue weighted by molar-refractivity contribution is 9.10. The lowest BCUT2D eigenvalue weighted by atomic mass is 10.0. The van der Waals surface area contributed by atoms with Gasteiger partial charge in [0.2, 0.25) is 0 Å². The molecule has 1 rings (SSSR count). The molecule has 0 aliphatic carbocycles. The fourth-order valence-corrected chi connectivity index (χ4v) is 2.07. The second kappa shape index (κ2) is 6.17. The van der Waals surface area contributed by atoms with E-state index in [1.54, 1.807) is 0 Å². The van der Waals surface area contributed by atoms with Crippen molar-refractivity contribution in [2.75, 3.05) is 6.54 Å². The summed E-state index contributed by atoms with van der Waals surface area (Å²) in [5.74, 6) is 2.66. The summed E-state index contributed by atoms with van der Waals surface area (Å²) in [5, 5.41) is 4.07. The molecule has 3 heteroatoms. The zero-order chi connectivity index (χ0) is 11.3. The molecule has 1 nitrogen and oxygen atoms in total. The van der Waals surface area contributed by atoms with Gasteiger partial charge < -0.3 is 5.32 Å². The van der Waals surface area contributed by atoms with Gasteiger partial charge in [-0.2, -0.15) is 0 Å². The molecule has 0 aliphatic heterocycles. The van der Waals surface area contributed by atoms with Gasteiger partial charge in [-0.05, 0) is 30.3 Å². The molecular formula is C12H13BrClN. The minimum atomic E-state index is 0.130. The van der Waals surface area contributed by atoms with Crippen molar-refractivity contribution >= 4 is 27.5 Å². The lowest BCUT2D eigenvalue weighted by molar-refractivity contribution is 0.565. The fraction of sp³-hybridized carbons (Fsp3) is 0.333. The molecule has 1 atom stereocenters. The van der Waals surface area contributed by atoms with Crippen LogP contribution >= 0.6 is 27.5 Å². The molecule has 0 saturated carbocycles. The molecular weight excluding hydrogens is 273 g/mol. The molecule has 1 unspecified atom stereocenters. The molecule has 1 aromatic rings. The summed E-state index contributed by atoms with van der Waals surface area (Å²) in [4.78, 5) is 0. The minimum Gasteiger partial charge on any atom is -0.309 e. The Balaban J connectivity index is 2.99. The first-order chi connectivity index (χ1) is 7.19. The van der Waals surface area contributed by atoms with Crippen molar-refractivity contribution in [2.45, 2.75) is 19.4 Å². The van der Waals surface area contributed by atoms with E-state index in [-0.39, 0.29) is 6.04 Å². The van der Waals surface area contributed by atoms with Gasteiger partial charge in [0.1, 0.15) is 0 Å². The zero-order valence-corrected chi connectivity index (χ0v) is 10.9. The Morgan fingerprint density at radius 2 is 2.33 bits per heavy atom. The second-order valence-corrected chi connectivity index (χ2v) is 4.51. The van der Waals surface area contributed by atoms with Gasteiger partial charge in [-0.1, -0.05) is 34.5 Å². The van der Waals surface area contributed by atoms with Gasteiger partial charge in [0.05, 0.1) is 0 Å². The Bertz CT molecular complexity index is 370. The first-order valence-corrected chi connectivity index (χ1v) is 5.98. The van der Waals surface area contributed by atoms with Crippen LogP contribution in [0.1, 0.15) is 24.9 Å². The molecule has 0 saturated heterocycles. The third-order valence-corrected chi connectivity index (χ3v) is 2.94. The molecule has 15 heavy (non-hydrogen) atoms. The number of terminal acetylenes is 1. The Morgan fingerprint density at radius 3 is 2.93 bits per heavy atom. The predicted molar refractivity (Wildman–Crippen MR) is 69.0 cm³/mol. The van der Waals surface area contributed by atoms with Crippen LogP contribution in [0.15, 0.2) is 22.7 Å². The van der Waals surface area contributed by atoms with Crippen LogP contribution in [0.25, 0.3) is 0 Å². The first kappa shape index (κ1) is 12.6. The van der Waals surface area contributed by atoms with Crippen LogP contribution < -0.4 is 5.32 Å². The van der Waals surface area contributed by atoms with E-state index in [1.807, 2.05) is 18.2 Å². The minimum absolute atomic E-state index is 0.130. The molecule has 0 spiro atoms. The van der Waals surface area contributed by atoms with Crippen LogP contribution in [0, 0.1) is 12.3 Å². The van der Waals surface area contributed by atoms with Gasteiger partial charge in [-0.3, -0.25) is 0 Å². The van der Waals surface area contributed by atoms with Crippen molar-refractivity contribution in [3.63, 3.8) is 0 Å². The molecule has 0 aliphatic rings. The van der Waals surface area contributed by atoms with E-state index >= 15 is 0 Å². The standard InChI is InChI=1S/C12H13BrClN/c1-3-5-12(15-4-2)10-8-9(13)6-7-11(10)14/h1,6-8,12,15H,4-5H2,2H3. The van der Waals surface area contributed by atoms with Gasteiger partial charge >= 0.3 is 0 Å². The van der Waals surface area contributed by atoms with E-state index < -0.39 is 0 Å². The van der Waals surface area contributed by atoms with Gasteiger partial charge in [-0.25, -0.2) is 0 Å². The van der Waals surface area contributed by atoms with Crippen LogP contribution in [-0.2, 0) is 0 Å². The van der Waals surface area contributed by atoms with Crippen LogP contribution in [0.5, 0.6) is 0 Å². The molecule has 1 aromatic carbocycles. The van der Waals surface area contributed by atoms with Gasteiger partial charge in [0.15, 0.2) is 0 Å². The van der Waals surface area contributed by atoms with E-state index in [1.165, 1.54) is 0 Å². The third-order valence-electron chi connectivity index (χ3n) is 2.11. The van der Waals surface area contributed by atoms with Gasteiger partial charge in [0.25, 0.3) is 0 Å². The van der Waals surface area contributed by atoms with Crippen molar-refractivity contribution in [1.29, 1.82) is 0 Å². The number of rotatable bonds is 4. The maximum absolute atomic E-state index is 6.13. The lowest BCUT2D eigenvalue weighted by Gasteiger charge is -2.17. The molecule has 1 N–H and O–H groups in total. The highest BCUT2D eigenvalue weighted by atomic mass is 79.9. The lowest BCUT2D eigenvalue weighted by Crippen LogP contribution is -2.20. The summed E-state index contributed by atoms with van der Waals surface area (Å²) in [5.41, 5.74) is 1.05. The Hall–Kier alpha value is -0.490. The quantitative estimate of drug-likeness (QED) is 0.831. The third kappa shape index (κ3) is 3.53. The molecule has 0 aromatic heterocycles. The summed E-state index contributed by atoms with van der Waals surface area (Å²) in [6.07, 6.45) is 5.98. The summed E-state index contributed by atoms with van der Waals surface area (Å²) in [6, 6.07) is 5.93. The highest BCUT2D eigenvalue weighted by Crippen LogP contribution is 2.28. The maximum atomic E-state index is 6.13. The summed E-state index contributed by atoms with van der Waals surface area (Å²) in [6.45, 7) is 2.92. The Morgan fingerprint density at radius 1 is 1.60 bits per heavy atom. The maximum Gasteiger partial charge on any atom is 0.0454 e. The average Bonchev–Trinajstić information content (AvgIpc) is 2.21. The monoisotopic (exact) mass is 285 g/mol. The van der Waals surface area contributed by atoms with Crippen molar-refractivity contribution in [3.8, 4) is 12.3 Å². The number of hydrogen-bond donors (Lipinski definition) is 1. The van der Waals surface area contributed by atoms with Gasteiger partial charge in [-0.15, -0.1) is 12.3 Å². The Kier molecular flexibility index (Phi) is 5.17. The van der Waals surface area contributed by atoms with Crippen molar-refractivity contribution < 1.29 is 0 Å². The molecule has 0 amide bonds. The normalized spacial score (nSPS) is 12.1. The van der Waals surface area contributed by atoms with E-state index in [0.717, 1.165) is 21.6 Å². The number of benzene rings is 1. The number of nitrogens with one attached hydrogen (secondary N) is 1. The van der Waals surface area contributed by atoms with E-state index in [9.17, 15) is 0 Å². The number of hydrogen-bond acceptors (Lipinski definition) is 1. The molecule has 0 heterocycles. The van der Waals surface area contributed by atoms with Crippen LogP contribution in [0.3, 0.4) is 0 Å². The topological polar surface area (TPSA) is 12.0 Å². The number of halogens is 2. The summed E-state index contributed by atoms with van der Waals surface area (Å²) in [7, 11) is 0. The van der Waals surface area contributed by atoms with E-state index in [0.29, 0.717) is 6.42 Å². The Labute approximate surface area is 104 Å². The van der Waals surface area contributed by atoms with Crippen LogP contribution in [-0.4, -0.2) is 6.54 Å². The largest absolute Gasteiger partial charge is 0.309 e. The van der Waals surface area contributed by atoms with E-state index in [4.69, 9.17) is 18.0 Å². The molecule has 0 radical (unpaired) electrons. The van der Waals surface area contributed by atoms with Crippen molar-refractivity contribution in [2.24, 2.45) is 0 Å². The summed E-state index contributed by atoms with van der Waals surface area (Å²) >= 11 is 9.56. The highest BCUT2D eigenvalue weighted by Gasteiger charge is 2.12. The van der Waals surface area contributed by atoms with Crippen molar-refractivity contribution in [3.05, 3.63) is 33.3 Å². The van der Waals surface area contributed by atoms with Crippen LogP contribution in [0.2, 0.25) is 5.02 Å².